The van der Waals surface area contributed by atoms with Gasteiger partial charge in [0.05, 0.1) is 31.5 Å². The lowest BCUT2D eigenvalue weighted by Gasteiger charge is -2.35. The third kappa shape index (κ3) is 5.11. The summed E-state index contributed by atoms with van der Waals surface area (Å²) in [6.45, 7) is -0.440. The van der Waals surface area contributed by atoms with Crippen LogP contribution in [0.25, 0.3) is 11.1 Å². The number of fused-ring (bicyclic) bond motifs is 1. The first-order valence-electron chi connectivity index (χ1n) is 11.1. The van der Waals surface area contributed by atoms with Gasteiger partial charge in [0.1, 0.15) is 17.2 Å². The number of ether oxygens (including phenoxy) is 3. The van der Waals surface area contributed by atoms with Gasteiger partial charge < -0.3 is 19.3 Å². The summed E-state index contributed by atoms with van der Waals surface area (Å²) in [5.41, 5.74) is 3.95. The number of methoxy groups -OCH3 is 2. The standard InChI is InChI=1S/C26H27NO7S/c1-32-23-10-5-11-24(33-2)26(23)17-12-14-18(15-13-17)27(35(30)31)21-8-3-7-20-19(21)6-4-9-22(20)34-16-25(28)29/h4-6,9-15,21H,3,7-8,16H2,1-2H3,(H,28,29)(H,30,31). The normalized spacial score (nSPS) is 15.6. The van der Waals surface area contributed by atoms with Crippen LogP contribution < -0.4 is 18.5 Å². The second-order valence-electron chi connectivity index (χ2n) is 8.06. The first kappa shape index (κ1) is 24.6. The summed E-state index contributed by atoms with van der Waals surface area (Å²) < 4.78 is 40.8. The molecule has 0 radical (unpaired) electrons. The fraction of sp³-hybridized carbons (Fsp3) is 0.269. The molecule has 1 aliphatic carbocycles. The Morgan fingerprint density at radius 2 is 1.63 bits per heavy atom. The molecule has 2 N–H and O–H groups in total. The van der Waals surface area contributed by atoms with Crippen LogP contribution in [0.4, 0.5) is 5.69 Å². The first-order chi connectivity index (χ1) is 16.9. The number of nitrogens with zero attached hydrogens (tertiary/aromatic N) is 1. The van der Waals surface area contributed by atoms with E-state index in [9.17, 15) is 13.6 Å². The minimum absolute atomic E-state index is 0.371. The molecule has 1 aliphatic rings. The van der Waals surface area contributed by atoms with E-state index in [2.05, 4.69) is 0 Å². The second-order valence-corrected chi connectivity index (χ2v) is 8.91. The van der Waals surface area contributed by atoms with Crippen molar-refractivity contribution in [2.75, 3.05) is 25.1 Å². The summed E-state index contributed by atoms with van der Waals surface area (Å²) in [6, 6.07) is 17.9. The SMILES string of the molecule is COc1cccc(OC)c1-c1ccc(N(C2CCCc3c(OCC(=O)O)cccc32)S(=O)O)cc1. The average molecular weight is 498 g/mol. The van der Waals surface area contributed by atoms with Gasteiger partial charge in [0.25, 0.3) is 11.3 Å². The highest BCUT2D eigenvalue weighted by molar-refractivity contribution is 7.80. The number of carboxylic acids is 1. The summed E-state index contributed by atoms with van der Waals surface area (Å²) in [5, 5.41) is 8.99. The van der Waals surface area contributed by atoms with Crippen molar-refractivity contribution in [3.63, 3.8) is 0 Å². The van der Waals surface area contributed by atoms with Crippen molar-refractivity contribution in [1.29, 1.82) is 0 Å². The molecule has 0 aromatic heterocycles. The Morgan fingerprint density at radius 3 is 2.23 bits per heavy atom. The summed E-state index contributed by atoms with van der Waals surface area (Å²) in [5.74, 6) is 0.765. The molecular formula is C26H27NO7S. The number of rotatable bonds is 9. The molecule has 0 bridgehead atoms. The molecule has 2 atom stereocenters. The van der Waals surface area contributed by atoms with Gasteiger partial charge in [0, 0.05) is 0 Å². The lowest BCUT2D eigenvalue weighted by atomic mass is 9.87. The van der Waals surface area contributed by atoms with E-state index in [0.29, 0.717) is 35.8 Å². The Morgan fingerprint density at radius 1 is 1.00 bits per heavy atom. The highest BCUT2D eigenvalue weighted by Crippen LogP contribution is 2.43. The molecule has 0 amide bonds. The third-order valence-electron chi connectivity index (χ3n) is 6.07. The highest BCUT2D eigenvalue weighted by atomic mass is 32.2. The maximum atomic E-state index is 12.6. The monoisotopic (exact) mass is 497 g/mol. The zero-order chi connectivity index (χ0) is 24.9. The minimum atomic E-state index is -2.29. The molecule has 0 fully saturated rings. The molecule has 3 aromatic carbocycles. The van der Waals surface area contributed by atoms with Gasteiger partial charge in [-0.05, 0) is 66.3 Å². The Bertz CT molecular complexity index is 1210. The fourth-order valence-electron chi connectivity index (χ4n) is 4.60. The van der Waals surface area contributed by atoms with Crippen molar-refractivity contribution >= 4 is 22.9 Å². The minimum Gasteiger partial charge on any atom is -0.496 e. The molecule has 35 heavy (non-hydrogen) atoms. The Balaban J connectivity index is 1.70. The largest absolute Gasteiger partial charge is 0.496 e. The van der Waals surface area contributed by atoms with E-state index < -0.39 is 23.8 Å². The summed E-state index contributed by atoms with van der Waals surface area (Å²) in [4.78, 5) is 11.0. The lowest BCUT2D eigenvalue weighted by molar-refractivity contribution is -0.139. The van der Waals surface area contributed by atoms with Crippen LogP contribution in [0, 0.1) is 0 Å². The molecule has 0 saturated heterocycles. The van der Waals surface area contributed by atoms with Crippen molar-refractivity contribution in [3.05, 3.63) is 71.8 Å². The zero-order valence-electron chi connectivity index (χ0n) is 19.5. The number of carbonyl (C=O) groups is 1. The van der Waals surface area contributed by atoms with Crippen LogP contribution in [0.1, 0.15) is 30.0 Å². The summed E-state index contributed by atoms with van der Waals surface area (Å²) >= 11 is -2.29. The molecule has 9 heteroatoms. The van der Waals surface area contributed by atoms with Gasteiger partial charge in [-0.15, -0.1) is 0 Å². The fourth-order valence-corrected chi connectivity index (χ4v) is 5.34. The van der Waals surface area contributed by atoms with Gasteiger partial charge in [-0.2, -0.15) is 0 Å². The van der Waals surface area contributed by atoms with Gasteiger partial charge in [0.2, 0.25) is 0 Å². The van der Waals surface area contributed by atoms with E-state index in [4.69, 9.17) is 19.3 Å². The molecule has 0 saturated carbocycles. The van der Waals surface area contributed by atoms with E-state index in [0.717, 1.165) is 28.7 Å². The lowest BCUT2D eigenvalue weighted by Crippen LogP contribution is -2.33. The van der Waals surface area contributed by atoms with Gasteiger partial charge in [-0.25, -0.2) is 9.00 Å². The van der Waals surface area contributed by atoms with E-state index >= 15 is 0 Å². The van der Waals surface area contributed by atoms with Crippen LogP contribution in [0.5, 0.6) is 17.2 Å². The van der Waals surface area contributed by atoms with Gasteiger partial charge >= 0.3 is 5.97 Å². The van der Waals surface area contributed by atoms with Crippen molar-refractivity contribution in [1.82, 2.24) is 0 Å². The van der Waals surface area contributed by atoms with Crippen LogP contribution in [-0.4, -0.2) is 40.7 Å². The topological polar surface area (TPSA) is 106 Å². The Labute approximate surface area is 206 Å². The number of benzene rings is 3. The van der Waals surface area contributed by atoms with E-state index in [1.54, 1.807) is 38.5 Å². The average Bonchev–Trinajstić information content (AvgIpc) is 2.87. The molecule has 0 spiro atoms. The van der Waals surface area contributed by atoms with Crippen LogP contribution >= 0.6 is 0 Å². The molecule has 2 unspecified atom stereocenters. The zero-order valence-corrected chi connectivity index (χ0v) is 20.3. The van der Waals surface area contributed by atoms with E-state index in [1.807, 2.05) is 36.4 Å². The molecule has 0 heterocycles. The van der Waals surface area contributed by atoms with E-state index in [-0.39, 0.29) is 6.04 Å². The number of hydrogen-bond donors (Lipinski definition) is 2. The second kappa shape index (κ2) is 10.8. The summed E-state index contributed by atoms with van der Waals surface area (Å²) in [7, 11) is 3.19. The quantitative estimate of drug-likeness (QED) is 0.407. The van der Waals surface area contributed by atoms with Crippen molar-refractivity contribution in [3.8, 4) is 28.4 Å². The number of aliphatic carboxylic acids is 1. The molecule has 0 aliphatic heterocycles. The molecule has 3 aromatic rings. The van der Waals surface area contributed by atoms with Gasteiger partial charge in [-0.1, -0.05) is 30.3 Å². The van der Waals surface area contributed by atoms with Crippen LogP contribution in [0.3, 0.4) is 0 Å². The molecule has 4 rings (SSSR count). The third-order valence-corrected chi connectivity index (χ3v) is 6.88. The molecule has 8 nitrogen and oxygen atoms in total. The van der Waals surface area contributed by atoms with Crippen molar-refractivity contribution in [2.24, 2.45) is 0 Å². The summed E-state index contributed by atoms with van der Waals surface area (Å²) in [6.07, 6.45) is 2.15. The maximum Gasteiger partial charge on any atom is 0.341 e. The van der Waals surface area contributed by atoms with Gasteiger partial charge in [0.15, 0.2) is 6.61 Å². The van der Waals surface area contributed by atoms with Crippen LogP contribution in [0.15, 0.2) is 60.7 Å². The molecule has 184 valence electrons. The highest BCUT2D eigenvalue weighted by Gasteiger charge is 2.31. The molecular weight excluding hydrogens is 470 g/mol. The Kier molecular flexibility index (Phi) is 7.57. The van der Waals surface area contributed by atoms with Crippen molar-refractivity contribution < 1.29 is 32.9 Å². The van der Waals surface area contributed by atoms with Gasteiger partial charge in [-0.3, -0.25) is 8.86 Å². The number of carboxylic acid groups (broad SMARTS) is 1. The number of anilines is 1. The maximum absolute atomic E-state index is 12.6. The van der Waals surface area contributed by atoms with E-state index in [1.165, 1.54) is 4.31 Å². The van der Waals surface area contributed by atoms with Crippen molar-refractivity contribution in [2.45, 2.75) is 25.3 Å². The van der Waals surface area contributed by atoms with Crippen LogP contribution in [-0.2, 0) is 22.5 Å². The Hall–Kier alpha value is -3.56. The van der Waals surface area contributed by atoms with Crippen LogP contribution in [0.2, 0.25) is 0 Å². The number of hydrogen-bond acceptors (Lipinski definition) is 5. The smallest absolute Gasteiger partial charge is 0.341 e. The predicted molar refractivity (Wildman–Crippen MR) is 133 cm³/mol. The predicted octanol–water partition coefficient (Wildman–Crippen LogP) is 4.85. The first-order valence-corrected chi connectivity index (χ1v) is 12.2.